The van der Waals surface area contributed by atoms with Crippen molar-refractivity contribution < 1.29 is 9.00 Å². The number of piperidine rings is 1. The van der Waals surface area contributed by atoms with Crippen molar-refractivity contribution in [1.82, 2.24) is 4.90 Å². The minimum atomic E-state index is -0.965. The summed E-state index contributed by atoms with van der Waals surface area (Å²) in [6.45, 7) is 3.95. The molecule has 1 heterocycles. The van der Waals surface area contributed by atoms with E-state index in [1.54, 1.807) is 18.4 Å². The van der Waals surface area contributed by atoms with E-state index in [9.17, 15) is 9.00 Å². The summed E-state index contributed by atoms with van der Waals surface area (Å²) >= 11 is 6.12. The first kappa shape index (κ1) is 17.4. The second-order valence-electron chi connectivity index (χ2n) is 5.65. The van der Waals surface area contributed by atoms with Crippen molar-refractivity contribution in [2.45, 2.75) is 38.0 Å². The van der Waals surface area contributed by atoms with Gasteiger partial charge in [-0.1, -0.05) is 24.9 Å². The van der Waals surface area contributed by atoms with E-state index in [2.05, 4.69) is 17.1 Å². The monoisotopic (exact) mass is 342 g/mol. The molecule has 4 nitrogen and oxygen atoms in total. The SMILES string of the molecule is CCN1CCCC[C@H]1C(=O)Nc1ccc(Cl)c(C[S@](C)=O)c1. The van der Waals surface area contributed by atoms with Crippen LogP contribution in [0, 0.1) is 0 Å². The number of rotatable bonds is 5. The average molecular weight is 343 g/mol. The van der Waals surface area contributed by atoms with Crippen molar-refractivity contribution in [2.75, 3.05) is 24.7 Å². The molecule has 122 valence electrons. The molecule has 1 aliphatic heterocycles. The van der Waals surface area contributed by atoms with E-state index in [1.807, 2.05) is 6.07 Å². The Bertz CT molecular complexity index is 565. The second kappa shape index (κ2) is 8.09. The van der Waals surface area contributed by atoms with Crippen LogP contribution in [0.2, 0.25) is 5.02 Å². The van der Waals surface area contributed by atoms with Crippen LogP contribution in [0.5, 0.6) is 0 Å². The highest BCUT2D eigenvalue weighted by Crippen LogP contribution is 2.23. The molecular weight excluding hydrogens is 320 g/mol. The van der Waals surface area contributed by atoms with E-state index < -0.39 is 10.8 Å². The van der Waals surface area contributed by atoms with E-state index in [0.717, 1.165) is 43.6 Å². The Morgan fingerprint density at radius 1 is 1.45 bits per heavy atom. The molecule has 1 aromatic carbocycles. The number of benzene rings is 1. The minimum Gasteiger partial charge on any atom is -0.325 e. The number of amides is 1. The first-order valence-corrected chi connectivity index (χ1v) is 9.75. The summed E-state index contributed by atoms with van der Waals surface area (Å²) in [7, 11) is -0.965. The Morgan fingerprint density at radius 3 is 2.91 bits per heavy atom. The van der Waals surface area contributed by atoms with Crippen LogP contribution in [0.1, 0.15) is 31.7 Å². The third-order valence-corrected chi connectivity index (χ3v) is 5.08. The average Bonchev–Trinajstić information content (AvgIpc) is 2.50. The molecule has 0 aromatic heterocycles. The van der Waals surface area contributed by atoms with Crippen molar-refractivity contribution in [1.29, 1.82) is 0 Å². The van der Waals surface area contributed by atoms with Crippen molar-refractivity contribution >= 4 is 34.0 Å². The van der Waals surface area contributed by atoms with Crippen LogP contribution in [0.4, 0.5) is 5.69 Å². The molecule has 2 rings (SSSR count). The summed E-state index contributed by atoms with van der Waals surface area (Å²) < 4.78 is 11.4. The summed E-state index contributed by atoms with van der Waals surface area (Å²) in [4.78, 5) is 14.7. The Morgan fingerprint density at radius 2 is 2.23 bits per heavy atom. The van der Waals surface area contributed by atoms with Gasteiger partial charge >= 0.3 is 0 Å². The van der Waals surface area contributed by atoms with Crippen molar-refractivity contribution in [2.24, 2.45) is 0 Å². The van der Waals surface area contributed by atoms with Gasteiger partial charge in [0.15, 0.2) is 0 Å². The third kappa shape index (κ3) is 4.54. The first-order chi connectivity index (χ1) is 10.5. The molecule has 0 bridgehead atoms. The van der Waals surface area contributed by atoms with Crippen molar-refractivity contribution in [3.8, 4) is 0 Å². The number of halogens is 1. The lowest BCUT2D eigenvalue weighted by Gasteiger charge is -2.33. The summed E-state index contributed by atoms with van der Waals surface area (Å²) in [5.74, 6) is 0.431. The van der Waals surface area contributed by atoms with E-state index in [0.29, 0.717) is 10.8 Å². The fourth-order valence-electron chi connectivity index (χ4n) is 2.87. The highest BCUT2D eigenvalue weighted by molar-refractivity contribution is 7.83. The zero-order valence-electron chi connectivity index (χ0n) is 13.1. The molecule has 1 aliphatic rings. The first-order valence-electron chi connectivity index (χ1n) is 7.64. The maximum Gasteiger partial charge on any atom is 0.241 e. The number of anilines is 1. The van der Waals surface area contributed by atoms with Gasteiger partial charge in [-0.3, -0.25) is 13.9 Å². The smallest absolute Gasteiger partial charge is 0.241 e. The van der Waals surface area contributed by atoms with Crippen LogP contribution in [-0.4, -0.2) is 40.4 Å². The van der Waals surface area contributed by atoms with Gasteiger partial charge in [-0.05, 0) is 49.7 Å². The molecule has 1 fully saturated rings. The number of nitrogens with one attached hydrogen (secondary N) is 1. The van der Waals surface area contributed by atoms with Gasteiger partial charge in [0.1, 0.15) is 0 Å². The molecule has 0 saturated carbocycles. The van der Waals surface area contributed by atoms with Crippen LogP contribution < -0.4 is 5.32 Å². The quantitative estimate of drug-likeness (QED) is 0.894. The van der Waals surface area contributed by atoms with Gasteiger partial charge in [0.2, 0.25) is 5.91 Å². The normalized spacial score (nSPS) is 20.6. The summed E-state index contributed by atoms with van der Waals surface area (Å²) in [6, 6.07) is 5.30. The van der Waals surface area contributed by atoms with Crippen molar-refractivity contribution in [3.05, 3.63) is 28.8 Å². The minimum absolute atomic E-state index is 0.0347. The van der Waals surface area contributed by atoms with Crippen LogP contribution in [0.3, 0.4) is 0 Å². The Hall–Kier alpha value is -0.910. The van der Waals surface area contributed by atoms with E-state index in [-0.39, 0.29) is 11.9 Å². The molecule has 1 saturated heterocycles. The Balaban J connectivity index is 2.09. The predicted octanol–water partition coefficient (Wildman–Crippen LogP) is 3.03. The topological polar surface area (TPSA) is 49.4 Å². The fourth-order valence-corrected chi connectivity index (χ4v) is 3.81. The molecule has 1 amide bonds. The van der Waals surface area contributed by atoms with Gasteiger partial charge in [-0.25, -0.2) is 0 Å². The standard InChI is InChI=1S/C16H23ClN2O2S/c1-3-19-9-5-4-6-15(19)16(20)18-13-7-8-14(17)12(10-13)11-22(2)21/h7-8,10,15H,3-6,9,11H2,1-2H3,(H,18,20)/t15-,22-/m0/s1. The highest BCUT2D eigenvalue weighted by Gasteiger charge is 2.27. The molecule has 1 aromatic rings. The van der Waals surface area contributed by atoms with Crippen LogP contribution in [0.25, 0.3) is 0 Å². The zero-order valence-corrected chi connectivity index (χ0v) is 14.7. The number of carbonyl (C=O) groups is 1. The number of likely N-dealkylation sites (tertiary alicyclic amines) is 1. The predicted molar refractivity (Wildman–Crippen MR) is 92.7 cm³/mol. The summed E-state index contributed by atoms with van der Waals surface area (Å²) in [6.07, 6.45) is 4.79. The number of carbonyl (C=O) groups excluding carboxylic acids is 1. The molecule has 22 heavy (non-hydrogen) atoms. The molecule has 6 heteroatoms. The fraction of sp³-hybridized carbons (Fsp3) is 0.562. The van der Waals surface area contributed by atoms with Crippen LogP contribution in [-0.2, 0) is 21.3 Å². The molecule has 0 radical (unpaired) electrons. The third-order valence-electron chi connectivity index (χ3n) is 3.99. The molecule has 0 spiro atoms. The number of hydrogen-bond donors (Lipinski definition) is 1. The molecule has 2 atom stereocenters. The lowest BCUT2D eigenvalue weighted by molar-refractivity contribution is -0.122. The van der Waals surface area contributed by atoms with Gasteiger partial charge in [-0.15, -0.1) is 0 Å². The molecule has 0 aliphatic carbocycles. The molecular formula is C16H23ClN2O2S. The van der Waals surface area contributed by atoms with Gasteiger partial charge in [-0.2, -0.15) is 0 Å². The van der Waals surface area contributed by atoms with Crippen LogP contribution in [0.15, 0.2) is 18.2 Å². The maximum absolute atomic E-state index is 12.5. The lowest BCUT2D eigenvalue weighted by atomic mass is 10.0. The number of hydrogen-bond acceptors (Lipinski definition) is 3. The van der Waals surface area contributed by atoms with Gasteiger partial charge < -0.3 is 5.32 Å². The lowest BCUT2D eigenvalue weighted by Crippen LogP contribution is -2.46. The van der Waals surface area contributed by atoms with E-state index in [1.165, 1.54) is 0 Å². The number of nitrogens with zero attached hydrogens (tertiary/aromatic N) is 1. The summed E-state index contributed by atoms with van der Waals surface area (Å²) in [5, 5.41) is 3.56. The van der Waals surface area contributed by atoms with E-state index >= 15 is 0 Å². The summed E-state index contributed by atoms with van der Waals surface area (Å²) in [5.41, 5.74) is 1.52. The number of likely N-dealkylation sites (N-methyl/N-ethyl adjacent to an activating group) is 1. The Kier molecular flexibility index (Phi) is 6.41. The van der Waals surface area contributed by atoms with Crippen LogP contribution >= 0.6 is 11.6 Å². The zero-order chi connectivity index (χ0) is 16.1. The molecule has 0 unspecified atom stereocenters. The maximum atomic E-state index is 12.5. The highest BCUT2D eigenvalue weighted by atomic mass is 35.5. The van der Waals surface area contributed by atoms with Gasteiger partial charge in [0.05, 0.1) is 6.04 Å². The van der Waals surface area contributed by atoms with Gasteiger partial charge in [0.25, 0.3) is 0 Å². The van der Waals surface area contributed by atoms with Crippen molar-refractivity contribution in [3.63, 3.8) is 0 Å². The second-order valence-corrected chi connectivity index (χ2v) is 7.50. The van der Waals surface area contributed by atoms with E-state index in [4.69, 9.17) is 11.6 Å². The van der Waals surface area contributed by atoms with Gasteiger partial charge in [0, 0.05) is 33.5 Å². The largest absolute Gasteiger partial charge is 0.325 e. The molecule has 1 N–H and O–H groups in total. The Labute approximate surface area is 139 Å².